The first-order chi connectivity index (χ1) is 4.20. The lowest BCUT2D eigenvalue weighted by Gasteiger charge is -2.31. The van der Waals surface area contributed by atoms with Crippen molar-refractivity contribution in [2.75, 3.05) is 7.05 Å². The maximum Gasteiger partial charge on any atom is 0.0800 e. The van der Waals surface area contributed by atoms with E-state index in [2.05, 4.69) is 0 Å². The minimum atomic E-state index is 0.105. The Morgan fingerprint density at radius 2 is 2.22 bits per heavy atom. The Balaban J connectivity index is 2.09. The van der Waals surface area contributed by atoms with Crippen molar-refractivity contribution >= 4 is 0 Å². The molecule has 9 heavy (non-hydrogen) atoms. The zero-order valence-corrected chi connectivity index (χ0v) is 5.28. The predicted molar refractivity (Wildman–Crippen MR) is 31.3 cm³/mol. The third kappa shape index (κ3) is 2.25. The highest BCUT2D eigenvalue weighted by molar-refractivity contribution is 4.72. The van der Waals surface area contributed by atoms with E-state index < -0.39 is 0 Å². The lowest BCUT2D eigenvalue weighted by atomic mass is 10.9. The van der Waals surface area contributed by atoms with E-state index in [0.717, 1.165) is 18.0 Å². The summed E-state index contributed by atoms with van der Waals surface area (Å²) in [6, 6.07) is 0. The molecule has 1 aliphatic carbocycles. The topological polar surface area (TPSA) is 64.8 Å². The van der Waals surface area contributed by atoms with E-state index in [1.807, 2.05) is 0 Å². The lowest BCUT2D eigenvalue weighted by Crippen LogP contribution is -2.40. The summed E-state index contributed by atoms with van der Waals surface area (Å²) in [6.07, 6.45) is 2.03. The lowest BCUT2D eigenvalue weighted by molar-refractivity contribution is -0.250. The van der Waals surface area contributed by atoms with Crippen molar-refractivity contribution in [1.82, 2.24) is 10.5 Å². The molecule has 0 saturated heterocycles. The van der Waals surface area contributed by atoms with Gasteiger partial charge in [-0.15, -0.1) is 0 Å². The Morgan fingerprint density at radius 1 is 1.67 bits per heavy atom. The van der Waals surface area contributed by atoms with Crippen LogP contribution >= 0.6 is 0 Å². The van der Waals surface area contributed by atoms with E-state index in [4.69, 9.17) is 10.7 Å². The number of nitrogens with two attached hydrogens (primary N) is 1. The van der Waals surface area contributed by atoms with Gasteiger partial charge in [-0.2, -0.15) is 10.5 Å². The molecule has 54 valence electrons. The van der Waals surface area contributed by atoms with Crippen LogP contribution < -0.4 is 5.84 Å². The van der Waals surface area contributed by atoms with Gasteiger partial charge in [0.2, 0.25) is 0 Å². The van der Waals surface area contributed by atoms with Crippen molar-refractivity contribution in [3.63, 3.8) is 0 Å². The van der Waals surface area contributed by atoms with Crippen LogP contribution in [-0.2, 0) is 4.84 Å². The zero-order valence-electron chi connectivity index (χ0n) is 5.28. The van der Waals surface area contributed by atoms with Crippen LogP contribution in [0.25, 0.3) is 0 Å². The standard InChI is InChI=1S/C4H10N3O2/c1-6(5)7(8)9-4-2-3-4/h4H,2-3,5H2,1H3/q-1. The predicted octanol–water partition coefficient (Wildman–Crippen LogP) is -0.399. The second-order valence-electron chi connectivity index (χ2n) is 2.12. The molecule has 0 aromatic rings. The third-order valence-electron chi connectivity index (χ3n) is 1.02. The van der Waals surface area contributed by atoms with Gasteiger partial charge >= 0.3 is 0 Å². The van der Waals surface area contributed by atoms with Gasteiger partial charge in [0.15, 0.2) is 0 Å². The largest absolute Gasteiger partial charge is 0.747 e. The number of hydrogen-bond donors (Lipinski definition) is 1. The smallest absolute Gasteiger partial charge is 0.0800 e. The van der Waals surface area contributed by atoms with Crippen molar-refractivity contribution in [2.24, 2.45) is 5.84 Å². The van der Waals surface area contributed by atoms with Gasteiger partial charge in [-0.1, -0.05) is 0 Å². The van der Waals surface area contributed by atoms with Crippen molar-refractivity contribution in [2.45, 2.75) is 18.9 Å². The van der Waals surface area contributed by atoms with Crippen LogP contribution in [0, 0.1) is 5.21 Å². The average molecular weight is 132 g/mol. The summed E-state index contributed by atoms with van der Waals surface area (Å²) >= 11 is 0. The number of hydrogen-bond acceptors (Lipinski definition) is 5. The fourth-order valence-electron chi connectivity index (χ4n) is 0.375. The molecule has 1 saturated carbocycles. The summed E-state index contributed by atoms with van der Waals surface area (Å²) in [5.41, 5.74) is 0. The molecule has 0 atom stereocenters. The molecule has 1 fully saturated rings. The van der Waals surface area contributed by atoms with Gasteiger partial charge in [-0.05, 0) is 12.8 Å². The van der Waals surface area contributed by atoms with E-state index in [1.54, 1.807) is 0 Å². The fraction of sp³-hybridized carbons (Fsp3) is 1.00. The Kier molecular flexibility index (Phi) is 1.99. The Hall–Kier alpha value is -0.200. The molecule has 5 heteroatoms. The van der Waals surface area contributed by atoms with Crippen molar-refractivity contribution in [1.29, 1.82) is 0 Å². The monoisotopic (exact) mass is 132 g/mol. The van der Waals surface area contributed by atoms with Gasteiger partial charge in [0, 0.05) is 7.05 Å². The number of nitrogens with zero attached hydrogens (tertiary/aromatic N) is 2. The molecular weight excluding hydrogens is 122 g/mol. The third-order valence-corrected chi connectivity index (χ3v) is 1.02. The minimum Gasteiger partial charge on any atom is -0.747 e. The molecule has 0 bridgehead atoms. The summed E-state index contributed by atoms with van der Waals surface area (Å²) < 4.78 is 0. The molecule has 0 aromatic heterocycles. The van der Waals surface area contributed by atoms with Crippen LogP contribution in [0.5, 0.6) is 0 Å². The normalized spacial score (nSPS) is 19.7. The van der Waals surface area contributed by atoms with Gasteiger partial charge in [0.05, 0.1) is 6.10 Å². The van der Waals surface area contributed by atoms with E-state index >= 15 is 0 Å². The first kappa shape index (κ1) is 6.91. The summed E-state index contributed by atoms with van der Waals surface area (Å²) in [5, 5.41) is 11.6. The Labute approximate surface area is 53.4 Å². The quantitative estimate of drug-likeness (QED) is 0.418. The average Bonchev–Trinajstić information content (AvgIpc) is 2.50. The summed E-state index contributed by atoms with van der Waals surface area (Å²) in [4.78, 5) is 4.70. The SMILES string of the molecule is CN(N)N([O-])OC1CC1. The van der Waals surface area contributed by atoms with Crippen LogP contribution in [-0.4, -0.2) is 23.6 Å². The van der Waals surface area contributed by atoms with Crippen LogP contribution in [0.1, 0.15) is 12.8 Å². The molecule has 0 heterocycles. The Bertz CT molecular complexity index is 93.8. The van der Waals surface area contributed by atoms with E-state index in [9.17, 15) is 5.21 Å². The van der Waals surface area contributed by atoms with Crippen LogP contribution in [0.4, 0.5) is 0 Å². The first-order valence-electron chi connectivity index (χ1n) is 2.82. The molecule has 0 spiro atoms. The minimum absolute atomic E-state index is 0.105. The fourth-order valence-corrected chi connectivity index (χ4v) is 0.375. The maximum absolute atomic E-state index is 10.5. The molecule has 0 aliphatic heterocycles. The molecule has 2 N–H and O–H groups in total. The molecule has 0 aromatic carbocycles. The molecule has 0 amide bonds. The van der Waals surface area contributed by atoms with E-state index in [-0.39, 0.29) is 11.4 Å². The van der Waals surface area contributed by atoms with Crippen LogP contribution in [0.15, 0.2) is 0 Å². The van der Waals surface area contributed by atoms with Gasteiger partial charge in [-0.25, -0.2) is 0 Å². The second-order valence-corrected chi connectivity index (χ2v) is 2.12. The molecule has 0 radical (unpaired) electrons. The Morgan fingerprint density at radius 3 is 2.56 bits per heavy atom. The van der Waals surface area contributed by atoms with Crippen LogP contribution in [0.3, 0.4) is 0 Å². The van der Waals surface area contributed by atoms with Crippen molar-refractivity contribution in [3.8, 4) is 0 Å². The van der Waals surface area contributed by atoms with Gasteiger partial charge in [0.25, 0.3) is 0 Å². The summed E-state index contributed by atoms with van der Waals surface area (Å²) in [5.74, 6) is 5.03. The zero-order chi connectivity index (χ0) is 6.85. The van der Waals surface area contributed by atoms with Gasteiger partial charge < -0.3 is 5.21 Å². The molecular formula is C4H10N3O2-. The van der Waals surface area contributed by atoms with Crippen molar-refractivity contribution < 1.29 is 4.84 Å². The number of hydrazine groups is 2. The highest BCUT2D eigenvalue weighted by atomic mass is 16.9. The summed E-state index contributed by atoms with van der Waals surface area (Å²) in [6.45, 7) is 0. The first-order valence-corrected chi connectivity index (χ1v) is 2.82. The van der Waals surface area contributed by atoms with E-state index in [0.29, 0.717) is 0 Å². The molecule has 0 unspecified atom stereocenters. The molecule has 1 aliphatic rings. The summed E-state index contributed by atoms with van der Waals surface area (Å²) in [7, 11) is 1.43. The van der Waals surface area contributed by atoms with Crippen molar-refractivity contribution in [3.05, 3.63) is 5.21 Å². The van der Waals surface area contributed by atoms with Crippen LogP contribution in [0.2, 0.25) is 0 Å². The number of rotatable bonds is 3. The molecule has 5 nitrogen and oxygen atoms in total. The second kappa shape index (κ2) is 2.59. The maximum atomic E-state index is 10.5. The molecule has 1 rings (SSSR count). The highest BCUT2D eigenvalue weighted by Crippen LogP contribution is 2.24. The highest BCUT2D eigenvalue weighted by Gasteiger charge is 2.23. The van der Waals surface area contributed by atoms with Gasteiger partial charge in [0.1, 0.15) is 0 Å². The van der Waals surface area contributed by atoms with E-state index in [1.165, 1.54) is 7.05 Å². The van der Waals surface area contributed by atoms with Gasteiger partial charge in [-0.3, -0.25) is 10.7 Å².